The highest BCUT2D eigenvalue weighted by Gasteiger charge is 2.24. The predicted molar refractivity (Wildman–Crippen MR) is 128 cm³/mol. The average molecular weight is 503 g/mol. The number of hydrogen-bond donors (Lipinski definition) is 0. The van der Waals surface area contributed by atoms with Crippen LogP contribution in [0, 0.1) is 0 Å². The number of imidazole rings is 1. The van der Waals surface area contributed by atoms with E-state index >= 15 is 0 Å². The van der Waals surface area contributed by atoms with Crippen LogP contribution in [0.4, 0.5) is 0 Å². The molecular formula is C23H20Cl2N4O5. The maximum absolute atomic E-state index is 13.0. The Bertz CT molecular complexity index is 1460. The molecule has 0 aliphatic carbocycles. The van der Waals surface area contributed by atoms with E-state index in [9.17, 15) is 14.4 Å². The third-order valence-electron chi connectivity index (χ3n) is 5.24. The molecule has 4 rings (SSSR count). The number of rotatable bonds is 7. The molecule has 2 heterocycles. The Kier molecular flexibility index (Phi) is 6.76. The van der Waals surface area contributed by atoms with Crippen LogP contribution in [0.2, 0.25) is 10.0 Å². The lowest BCUT2D eigenvalue weighted by atomic mass is 10.2. The van der Waals surface area contributed by atoms with Gasteiger partial charge in [0.1, 0.15) is 11.5 Å². The van der Waals surface area contributed by atoms with Gasteiger partial charge in [-0.1, -0.05) is 23.2 Å². The second-order valence-corrected chi connectivity index (χ2v) is 8.41. The van der Waals surface area contributed by atoms with Crippen molar-refractivity contribution in [2.45, 2.75) is 19.1 Å². The molecule has 0 bridgehead atoms. The zero-order chi connectivity index (χ0) is 24.4. The van der Waals surface area contributed by atoms with Crippen molar-refractivity contribution < 1.29 is 14.3 Å². The SMILES string of the molecule is Cn1c(=O)c2c(ncn2CCC(Oc2ccc(Cl)cc2)C(=O)Oc2ccc(Cl)cc2)n(C)c1=O. The van der Waals surface area contributed by atoms with Gasteiger partial charge in [-0.15, -0.1) is 0 Å². The summed E-state index contributed by atoms with van der Waals surface area (Å²) in [5, 5.41) is 1.04. The first-order chi connectivity index (χ1) is 16.2. The average Bonchev–Trinajstić information content (AvgIpc) is 3.26. The molecule has 11 heteroatoms. The van der Waals surface area contributed by atoms with Crippen molar-refractivity contribution in [3.05, 3.63) is 85.7 Å². The van der Waals surface area contributed by atoms with Crippen molar-refractivity contribution in [1.29, 1.82) is 0 Å². The van der Waals surface area contributed by atoms with E-state index in [4.69, 9.17) is 32.7 Å². The molecule has 0 fully saturated rings. The molecule has 34 heavy (non-hydrogen) atoms. The molecule has 0 aliphatic heterocycles. The minimum absolute atomic E-state index is 0.159. The quantitative estimate of drug-likeness (QED) is 0.284. The van der Waals surface area contributed by atoms with Gasteiger partial charge < -0.3 is 14.0 Å². The molecule has 0 N–H and O–H groups in total. The molecular weight excluding hydrogens is 483 g/mol. The summed E-state index contributed by atoms with van der Waals surface area (Å²) in [6, 6.07) is 12.9. The van der Waals surface area contributed by atoms with Crippen LogP contribution in [-0.2, 0) is 25.4 Å². The fraction of sp³-hybridized carbons (Fsp3) is 0.217. The Morgan fingerprint density at radius 3 is 2.15 bits per heavy atom. The van der Waals surface area contributed by atoms with Gasteiger partial charge in [0.25, 0.3) is 5.56 Å². The van der Waals surface area contributed by atoms with Gasteiger partial charge in [-0.05, 0) is 48.5 Å². The number of aryl methyl sites for hydroxylation is 2. The molecule has 1 atom stereocenters. The summed E-state index contributed by atoms with van der Waals surface area (Å²) in [6.45, 7) is 0.206. The number of benzene rings is 2. The van der Waals surface area contributed by atoms with E-state index in [2.05, 4.69) is 4.98 Å². The lowest BCUT2D eigenvalue weighted by molar-refractivity contribution is -0.142. The van der Waals surface area contributed by atoms with E-state index in [1.54, 1.807) is 53.1 Å². The molecule has 9 nitrogen and oxygen atoms in total. The number of nitrogens with zero attached hydrogens (tertiary/aromatic N) is 4. The summed E-state index contributed by atoms with van der Waals surface area (Å²) in [6.07, 6.45) is 0.604. The monoisotopic (exact) mass is 502 g/mol. The number of esters is 1. The van der Waals surface area contributed by atoms with Crippen LogP contribution in [0.25, 0.3) is 11.2 Å². The van der Waals surface area contributed by atoms with Crippen molar-refractivity contribution in [1.82, 2.24) is 18.7 Å². The lowest BCUT2D eigenvalue weighted by Gasteiger charge is -2.18. The van der Waals surface area contributed by atoms with Gasteiger partial charge in [-0.2, -0.15) is 0 Å². The molecule has 0 radical (unpaired) electrons. The van der Waals surface area contributed by atoms with Crippen LogP contribution in [0.1, 0.15) is 6.42 Å². The molecule has 0 amide bonds. The summed E-state index contributed by atoms with van der Waals surface area (Å²) >= 11 is 11.8. The summed E-state index contributed by atoms with van der Waals surface area (Å²) in [5.41, 5.74) is -0.444. The van der Waals surface area contributed by atoms with Crippen LogP contribution in [0.15, 0.2) is 64.4 Å². The number of hydrogen-bond acceptors (Lipinski definition) is 6. The highest BCUT2D eigenvalue weighted by molar-refractivity contribution is 6.30. The first kappa shape index (κ1) is 23.6. The summed E-state index contributed by atoms with van der Waals surface area (Å²) in [5.74, 6) is 0.120. The first-order valence-corrected chi connectivity index (χ1v) is 11.0. The summed E-state index contributed by atoms with van der Waals surface area (Å²) < 4.78 is 15.3. The Morgan fingerprint density at radius 2 is 1.53 bits per heavy atom. The number of fused-ring (bicyclic) bond motifs is 1. The number of halogens is 2. The molecule has 0 saturated heterocycles. The second kappa shape index (κ2) is 9.74. The maximum atomic E-state index is 13.0. The smallest absolute Gasteiger partial charge is 0.352 e. The van der Waals surface area contributed by atoms with Gasteiger partial charge in [0.2, 0.25) is 0 Å². The van der Waals surface area contributed by atoms with Gasteiger partial charge in [0.05, 0.1) is 6.33 Å². The zero-order valence-corrected chi connectivity index (χ0v) is 19.8. The molecule has 176 valence electrons. The van der Waals surface area contributed by atoms with Crippen LogP contribution >= 0.6 is 23.2 Å². The Labute approximate surface area is 203 Å². The normalized spacial score (nSPS) is 12.0. The molecule has 0 saturated carbocycles. The van der Waals surface area contributed by atoms with E-state index in [1.165, 1.54) is 25.0 Å². The number of carbonyl (C=O) groups is 1. The van der Waals surface area contributed by atoms with Crippen molar-refractivity contribution in [2.24, 2.45) is 14.1 Å². The highest BCUT2D eigenvalue weighted by Crippen LogP contribution is 2.21. The van der Waals surface area contributed by atoms with Crippen LogP contribution in [0.3, 0.4) is 0 Å². The molecule has 2 aromatic heterocycles. The van der Waals surface area contributed by atoms with Crippen molar-refractivity contribution in [2.75, 3.05) is 0 Å². The minimum atomic E-state index is -1.01. The largest absolute Gasteiger partial charge is 0.479 e. The fourth-order valence-corrected chi connectivity index (χ4v) is 3.66. The Morgan fingerprint density at radius 1 is 0.941 bits per heavy atom. The number of carbonyl (C=O) groups excluding carboxylic acids is 1. The summed E-state index contributed by atoms with van der Waals surface area (Å²) in [7, 11) is 2.94. The molecule has 2 aromatic carbocycles. The number of ether oxygens (including phenoxy) is 2. The lowest BCUT2D eigenvalue weighted by Crippen LogP contribution is -2.38. The first-order valence-electron chi connectivity index (χ1n) is 10.2. The van der Waals surface area contributed by atoms with Crippen molar-refractivity contribution in [3.8, 4) is 11.5 Å². The minimum Gasteiger partial charge on any atom is -0.479 e. The Balaban J connectivity index is 1.61. The zero-order valence-electron chi connectivity index (χ0n) is 18.3. The summed E-state index contributed by atoms with van der Waals surface area (Å²) in [4.78, 5) is 42.0. The topological polar surface area (TPSA) is 97.3 Å². The van der Waals surface area contributed by atoms with E-state index in [0.717, 1.165) is 4.57 Å². The molecule has 0 spiro atoms. The van der Waals surface area contributed by atoms with Gasteiger partial charge in [-0.3, -0.25) is 13.9 Å². The molecule has 0 aliphatic rings. The van der Waals surface area contributed by atoms with E-state index in [-0.39, 0.29) is 24.1 Å². The molecule has 1 unspecified atom stereocenters. The van der Waals surface area contributed by atoms with Crippen molar-refractivity contribution >= 4 is 40.3 Å². The van der Waals surface area contributed by atoms with E-state index < -0.39 is 23.3 Å². The van der Waals surface area contributed by atoms with Gasteiger partial charge in [-0.25, -0.2) is 14.6 Å². The maximum Gasteiger partial charge on any atom is 0.352 e. The fourth-order valence-electron chi connectivity index (χ4n) is 3.41. The number of aromatic nitrogens is 4. The van der Waals surface area contributed by atoms with Gasteiger partial charge >= 0.3 is 11.7 Å². The standard InChI is InChI=1S/C23H20Cl2N4O5/c1-27-20-19(21(30)28(2)23(27)32)29(13-26-20)12-11-18(33-16-7-3-14(24)4-8-16)22(31)34-17-9-5-15(25)6-10-17/h3-10,13,18H,11-12H2,1-2H3. The third kappa shape index (κ3) is 4.85. The Hall–Kier alpha value is -3.56. The van der Waals surface area contributed by atoms with Crippen LogP contribution in [0.5, 0.6) is 11.5 Å². The van der Waals surface area contributed by atoms with Gasteiger partial charge in [0, 0.05) is 37.1 Å². The van der Waals surface area contributed by atoms with Gasteiger partial charge in [0.15, 0.2) is 17.3 Å². The third-order valence-corrected chi connectivity index (χ3v) is 5.74. The van der Waals surface area contributed by atoms with Crippen LogP contribution < -0.4 is 20.7 Å². The predicted octanol–water partition coefficient (Wildman–Crippen LogP) is 3.18. The molecule has 4 aromatic rings. The van der Waals surface area contributed by atoms with Crippen molar-refractivity contribution in [3.63, 3.8) is 0 Å². The highest BCUT2D eigenvalue weighted by atomic mass is 35.5. The van der Waals surface area contributed by atoms with Crippen LogP contribution in [-0.4, -0.2) is 30.8 Å². The van der Waals surface area contributed by atoms with E-state index in [0.29, 0.717) is 21.5 Å². The van der Waals surface area contributed by atoms with E-state index in [1.807, 2.05) is 0 Å². The second-order valence-electron chi connectivity index (χ2n) is 7.54.